The Balaban J connectivity index is 1.55. The minimum Gasteiger partial charge on any atom is -0.451 e. The molecular weight excluding hydrogens is 376 g/mol. The zero-order valence-corrected chi connectivity index (χ0v) is 17.1. The zero-order chi connectivity index (χ0) is 21.2. The van der Waals surface area contributed by atoms with Crippen LogP contribution in [0.4, 0.5) is 5.69 Å². The fourth-order valence-electron chi connectivity index (χ4n) is 3.26. The van der Waals surface area contributed by atoms with Crippen LogP contribution >= 0.6 is 0 Å². The van der Waals surface area contributed by atoms with Gasteiger partial charge < -0.3 is 15.0 Å². The number of hydrogen-bond acceptors (Lipinski definition) is 3. The number of quaternary nitrogens is 1. The first-order valence-corrected chi connectivity index (χ1v) is 10.0. The quantitative estimate of drug-likeness (QED) is 0.540. The maximum atomic E-state index is 12.4. The first-order chi connectivity index (χ1) is 14.6. The highest BCUT2D eigenvalue weighted by Crippen LogP contribution is 2.12. The molecule has 0 saturated heterocycles. The van der Waals surface area contributed by atoms with Gasteiger partial charge >= 0.3 is 5.97 Å². The number of carbonyl (C=O) groups excluding carboxylic acids is 2. The lowest BCUT2D eigenvalue weighted by atomic mass is 10.1. The molecule has 0 aromatic heterocycles. The van der Waals surface area contributed by atoms with Gasteiger partial charge in [0.2, 0.25) is 0 Å². The molecule has 0 heterocycles. The Hall–Kier alpha value is -3.44. The SMILES string of the molecule is Cc1ccccc1NC(=O)COC(=O)C[NH+](Cc1ccccc1)Cc1ccccc1. The van der Waals surface area contributed by atoms with Crippen LogP contribution in [0.15, 0.2) is 84.9 Å². The van der Waals surface area contributed by atoms with Crippen LogP contribution in [0.5, 0.6) is 0 Å². The topological polar surface area (TPSA) is 59.8 Å². The monoisotopic (exact) mass is 403 g/mol. The van der Waals surface area contributed by atoms with E-state index in [2.05, 4.69) is 5.32 Å². The summed E-state index contributed by atoms with van der Waals surface area (Å²) in [7, 11) is 0. The molecule has 0 aliphatic carbocycles. The van der Waals surface area contributed by atoms with Crippen LogP contribution in [0.3, 0.4) is 0 Å². The molecule has 30 heavy (non-hydrogen) atoms. The number of benzene rings is 3. The summed E-state index contributed by atoms with van der Waals surface area (Å²) in [6, 6.07) is 27.6. The number of para-hydroxylation sites is 1. The maximum Gasteiger partial charge on any atom is 0.362 e. The summed E-state index contributed by atoms with van der Waals surface area (Å²) in [6.07, 6.45) is 0. The van der Waals surface area contributed by atoms with Gasteiger partial charge in [0, 0.05) is 16.8 Å². The molecule has 0 aliphatic rings. The molecule has 5 heteroatoms. The lowest BCUT2D eigenvalue weighted by Gasteiger charge is -2.19. The predicted octanol–water partition coefficient (Wildman–Crippen LogP) is 2.76. The van der Waals surface area contributed by atoms with Crippen LogP contribution in [0.25, 0.3) is 0 Å². The van der Waals surface area contributed by atoms with Crippen LogP contribution in [-0.4, -0.2) is 25.0 Å². The minimum absolute atomic E-state index is 0.182. The third kappa shape index (κ3) is 6.87. The molecule has 0 atom stereocenters. The van der Waals surface area contributed by atoms with Crippen molar-refractivity contribution >= 4 is 17.6 Å². The van der Waals surface area contributed by atoms with Crippen LogP contribution < -0.4 is 10.2 Å². The normalized spacial score (nSPS) is 10.6. The number of carbonyl (C=O) groups is 2. The second kappa shape index (κ2) is 10.9. The van der Waals surface area contributed by atoms with E-state index >= 15 is 0 Å². The van der Waals surface area contributed by atoms with E-state index in [9.17, 15) is 9.59 Å². The van der Waals surface area contributed by atoms with E-state index in [-0.39, 0.29) is 19.1 Å². The smallest absolute Gasteiger partial charge is 0.362 e. The van der Waals surface area contributed by atoms with Crippen molar-refractivity contribution in [2.24, 2.45) is 0 Å². The van der Waals surface area contributed by atoms with Crippen LogP contribution in [0.1, 0.15) is 16.7 Å². The Morgan fingerprint density at radius 1 is 0.800 bits per heavy atom. The summed E-state index contributed by atoms with van der Waals surface area (Å²) in [4.78, 5) is 25.6. The van der Waals surface area contributed by atoms with Gasteiger partial charge in [0.25, 0.3) is 5.91 Å². The average molecular weight is 404 g/mol. The molecule has 3 rings (SSSR count). The third-order valence-electron chi connectivity index (χ3n) is 4.77. The van der Waals surface area contributed by atoms with Gasteiger partial charge in [-0.25, -0.2) is 4.79 Å². The molecule has 1 amide bonds. The Bertz CT molecular complexity index is 917. The molecule has 0 fully saturated rings. The molecule has 3 aromatic carbocycles. The second-order valence-electron chi connectivity index (χ2n) is 7.28. The summed E-state index contributed by atoms with van der Waals surface area (Å²) < 4.78 is 5.25. The molecule has 154 valence electrons. The molecule has 0 aliphatic heterocycles. The van der Waals surface area contributed by atoms with Gasteiger partial charge in [-0.3, -0.25) is 4.79 Å². The number of amides is 1. The van der Waals surface area contributed by atoms with Crippen LogP contribution in [-0.2, 0) is 27.4 Å². The molecule has 0 bridgehead atoms. The van der Waals surface area contributed by atoms with Gasteiger partial charge in [0.05, 0.1) is 0 Å². The fraction of sp³-hybridized carbons (Fsp3) is 0.200. The van der Waals surface area contributed by atoms with Crippen molar-refractivity contribution in [2.75, 3.05) is 18.5 Å². The molecule has 2 N–H and O–H groups in total. The average Bonchev–Trinajstić information content (AvgIpc) is 2.75. The molecule has 0 radical (unpaired) electrons. The summed E-state index contributed by atoms with van der Waals surface area (Å²) in [6.45, 7) is 3.19. The lowest BCUT2D eigenvalue weighted by molar-refractivity contribution is -0.920. The third-order valence-corrected chi connectivity index (χ3v) is 4.77. The van der Waals surface area contributed by atoms with Gasteiger partial charge in [-0.15, -0.1) is 0 Å². The Morgan fingerprint density at radius 2 is 1.33 bits per heavy atom. The number of ether oxygens (including phenoxy) is 1. The zero-order valence-electron chi connectivity index (χ0n) is 17.1. The van der Waals surface area contributed by atoms with Crippen molar-refractivity contribution in [2.45, 2.75) is 20.0 Å². The number of aryl methyl sites for hydroxylation is 1. The molecule has 0 spiro atoms. The van der Waals surface area contributed by atoms with Gasteiger partial charge in [-0.2, -0.15) is 0 Å². The summed E-state index contributed by atoms with van der Waals surface area (Å²) in [5.74, 6) is -0.734. The number of esters is 1. The molecule has 5 nitrogen and oxygen atoms in total. The van der Waals surface area contributed by atoms with E-state index < -0.39 is 5.97 Å². The van der Waals surface area contributed by atoms with Gasteiger partial charge in [0.15, 0.2) is 13.2 Å². The highest BCUT2D eigenvalue weighted by molar-refractivity contribution is 5.93. The van der Waals surface area contributed by atoms with E-state index in [0.717, 1.165) is 27.3 Å². The van der Waals surface area contributed by atoms with Gasteiger partial charge in [-0.1, -0.05) is 78.9 Å². The summed E-state index contributed by atoms with van der Waals surface area (Å²) >= 11 is 0. The Kier molecular flexibility index (Phi) is 7.75. The Labute approximate surface area is 177 Å². The van der Waals surface area contributed by atoms with Gasteiger partial charge in [0.1, 0.15) is 13.1 Å². The number of nitrogens with one attached hydrogen (secondary N) is 2. The van der Waals surface area contributed by atoms with E-state index in [4.69, 9.17) is 4.74 Å². The van der Waals surface area contributed by atoms with Crippen molar-refractivity contribution in [3.05, 3.63) is 102 Å². The molecule has 0 saturated carbocycles. The Morgan fingerprint density at radius 3 is 1.90 bits per heavy atom. The molecule has 3 aromatic rings. The fourth-order valence-corrected chi connectivity index (χ4v) is 3.26. The van der Waals surface area contributed by atoms with E-state index in [1.165, 1.54) is 0 Å². The van der Waals surface area contributed by atoms with E-state index in [0.29, 0.717) is 13.1 Å². The summed E-state index contributed by atoms with van der Waals surface area (Å²) in [5.41, 5.74) is 3.97. The predicted molar refractivity (Wildman–Crippen MR) is 117 cm³/mol. The van der Waals surface area contributed by atoms with Crippen LogP contribution in [0, 0.1) is 6.92 Å². The van der Waals surface area contributed by atoms with Gasteiger partial charge in [-0.05, 0) is 18.6 Å². The lowest BCUT2D eigenvalue weighted by Crippen LogP contribution is -3.10. The van der Waals surface area contributed by atoms with Crippen LogP contribution in [0.2, 0.25) is 0 Å². The standard InChI is InChI=1S/C25H26N2O3/c1-20-10-8-9-15-23(20)26-24(28)19-30-25(29)18-27(16-21-11-4-2-5-12-21)17-22-13-6-3-7-14-22/h2-15H,16-19H2,1H3,(H,26,28)/p+1. The van der Waals surface area contributed by atoms with E-state index in [1.807, 2.05) is 91.9 Å². The molecular formula is C25H27N2O3+. The van der Waals surface area contributed by atoms with Crippen molar-refractivity contribution in [3.63, 3.8) is 0 Å². The van der Waals surface area contributed by atoms with Crippen molar-refractivity contribution in [1.29, 1.82) is 0 Å². The largest absolute Gasteiger partial charge is 0.451 e. The minimum atomic E-state index is -0.392. The number of rotatable bonds is 9. The first kappa shape index (κ1) is 21.3. The van der Waals surface area contributed by atoms with Crippen molar-refractivity contribution < 1.29 is 19.2 Å². The maximum absolute atomic E-state index is 12.4. The highest BCUT2D eigenvalue weighted by atomic mass is 16.5. The first-order valence-electron chi connectivity index (χ1n) is 10.0. The van der Waals surface area contributed by atoms with Crippen molar-refractivity contribution in [3.8, 4) is 0 Å². The van der Waals surface area contributed by atoms with Crippen molar-refractivity contribution in [1.82, 2.24) is 0 Å². The second-order valence-corrected chi connectivity index (χ2v) is 7.28. The number of anilines is 1. The number of hydrogen-bond donors (Lipinski definition) is 2. The van der Waals surface area contributed by atoms with E-state index in [1.54, 1.807) is 0 Å². The molecule has 0 unspecified atom stereocenters. The summed E-state index contributed by atoms with van der Waals surface area (Å²) in [5, 5.41) is 2.78. The highest BCUT2D eigenvalue weighted by Gasteiger charge is 2.18.